The molecule has 0 bridgehead atoms. The fourth-order valence-corrected chi connectivity index (χ4v) is 1.45. The standard InChI is InChI=1S/C11H7F3N2O/c1-5-10(15-4-16-11(5)17)6-2-3-7(12)9(14)8(6)13/h2-4H,1H3,(H,15,16,17). The maximum absolute atomic E-state index is 13.5. The van der Waals surface area contributed by atoms with Crippen molar-refractivity contribution in [2.75, 3.05) is 0 Å². The SMILES string of the molecule is Cc1c(-c2ccc(F)c(F)c2F)nc[nH]c1=O. The van der Waals surface area contributed by atoms with Gasteiger partial charge in [-0.3, -0.25) is 4.79 Å². The predicted molar refractivity (Wildman–Crippen MR) is 54.9 cm³/mol. The van der Waals surface area contributed by atoms with Gasteiger partial charge in [0, 0.05) is 11.1 Å². The lowest BCUT2D eigenvalue weighted by atomic mass is 10.1. The van der Waals surface area contributed by atoms with E-state index in [-0.39, 0.29) is 16.8 Å². The first-order chi connectivity index (χ1) is 8.02. The first-order valence-corrected chi connectivity index (χ1v) is 4.70. The summed E-state index contributed by atoms with van der Waals surface area (Å²) in [6.45, 7) is 1.42. The van der Waals surface area contributed by atoms with Crippen LogP contribution in [0.15, 0.2) is 23.3 Å². The molecule has 0 aliphatic heterocycles. The zero-order valence-electron chi connectivity index (χ0n) is 8.72. The van der Waals surface area contributed by atoms with Gasteiger partial charge in [0.1, 0.15) is 0 Å². The molecule has 2 aromatic rings. The normalized spacial score (nSPS) is 10.6. The summed E-state index contributed by atoms with van der Waals surface area (Å²) in [4.78, 5) is 17.3. The van der Waals surface area contributed by atoms with Crippen LogP contribution in [-0.2, 0) is 0 Å². The Balaban J connectivity index is 2.74. The van der Waals surface area contributed by atoms with Crippen LogP contribution in [0, 0.1) is 24.4 Å². The van der Waals surface area contributed by atoms with Crippen LogP contribution in [0.4, 0.5) is 13.2 Å². The van der Waals surface area contributed by atoms with E-state index in [0.29, 0.717) is 0 Å². The summed E-state index contributed by atoms with van der Waals surface area (Å²) in [5, 5.41) is 0. The van der Waals surface area contributed by atoms with Gasteiger partial charge in [-0.05, 0) is 19.1 Å². The van der Waals surface area contributed by atoms with Crippen molar-refractivity contribution < 1.29 is 13.2 Å². The van der Waals surface area contributed by atoms with Gasteiger partial charge in [-0.2, -0.15) is 0 Å². The van der Waals surface area contributed by atoms with Crippen molar-refractivity contribution >= 4 is 0 Å². The topological polar surface area (TPSA) is 45.8 Å². The Bertz CT molecular complexity index is 637. The number of rotatable bonds is 1. The minimum absolute atomic E-state index is 0.00912. The molecule has 1 N–H and O–H groups in total. The van der Waals surface area contributed by atoms with Crippen molar-refractivity contribution in [3.05, 3.63) is 51.8 Å². The first kappa shape index (κ1) is 11.4. The van der Waals surface area contributed by atoms with Crippen LogP contribution >= 0.6 is 0 Å². The van der Waals surface area contributed by atoms with Crippen molar-refractivity contribution in [2.45, 2.75) is 6.92 Å². The lowest BCUT2D eigenvalue weighted by Crippen LogP contribution is -2.12. The highest BCUT2D eigenvalue weighted by atomic mass is 19.2. The van der Waals surface area contributed by atoms with Crippen LogP contribution in [0.3, 0.4) is 0 Å². The van der Waals surface area contributed by atoms with E-state index in [1.54, 1.807) is 0 Å². The van der Waals surface area contributed by atoms with Crippen molar-refractivity contribution in [1.82, 2.24) is 9.97 Å². The van der Waals surface area contributed by atoms with E-state index < -0.39 is 23.0 Å². The monoisotopic (exact) mass is 240 g/mol. The molecule has 0 saturated carbocycles. The molecule has 1 aromatic heterocycles. The van der Waals surface area contributed by atoms with Crippen LogP contribution in [0.1, 0.15) is 5.56 Å². The molecular formula is C11H7F3N2O. The predicted octanol–water partition coefficient (Wildman–Crippen LogP) is 2.16. The van der Waals surface area contributed by atoms with E-state index in [1.807, 2.05) is 0 Å². The summed E-state index contributed by atoms with van der Waals surface area (Å²) in [5.74, 6) is -4.22. The number of H-pyrrole nitrogens is 1. The molecule has 0 spiro atoms. The average Bonchev–Trinajstić information content (AvgIpc) is 2.31. The number of halogens is 3. The average molecular weight is 240 g/mol. The molecule has 1 heterocycles. The Morgan fingerprint density at radius 1 is 1.18 bits per heavy atom. The number of benzene rings is 1. The summed E-state index contributed by atoms with van der Waals surface area (Å²) >= 11 is 0. The highest BCUT2D eigenvalue weighted by molar-refractivity contribution is 5.62. The number of hydrogen-bond acceptors (Lipinski definition) is 2. The Kier molecular flexibility index (Phi) is 2.71. The minimum Gasteiger partial charge on any atom is -0.313 e. The highest BCUT2D eigenvalue weighted by Crippen LogP contribution is 2.25. The molecule has 0 unspecified atom stereocenters. The van der Waals surface area contributed by atoms with Gasteiger partial charge in [-0.1, -0.05) is 0 Å². The number of aromatic amines is 1. The zero-order chi connectivity index (χ0) is 12.6. The van der Waals surface area contributed by atoms with Crippen molar-refractivity contribution in [3.63, 3.8) is 0 Å². The molecule has 0 atom stereocenters. The summed E-state index contributed by atoms with van der Waals surface area (Å²) in [7, 11) is 0. The smallest absolute Gasteiger partial charge is 0.254 e. The van der Waals surface area contributed by atoms with Gasteiger partial charge in [0.25, 0.3) is 5.56 Å². The number of nitrogens with zero attached hydrogens (tertiary/aromatic N) is 1. The third-order valence-corrected chi connectivity index (χ3v) is 2.38. The Morgan fingerprint density at radius 3 is 2.59 bits per heavy atom. The largest absolute Gasteiger partial charge is 0.313 e. The molecular weight excluding hydrogens is 233 g/mol. The van der Waals surface area contributed by atoms with E-state index in [2.05, 4.69) is 9.97 Å². The van der Waals surface area contributed by atoms with Crippen molar-refractivity contribution in [3.8, 4) is 11.3 Å². The lowest BCUT2D eigenvalue weighted by Gasteiger charge is -2.05. The van der Waals surface area contributed by atoms with Crippen LogP contribution < -0.4 is 5.56 Å². The Hall–Kier alpha value is -2.11. The maximum Gasteiger partial charge on any atom is 0.254 e. The van der Waals surface area contributed by atoms with Crippen LogP contribution in [0.2, 0.25) is 0 Å². The first-order valence-electron chi connectivity index (χ1n) is 4.70. The number of aromatic nitrogens is 2. The summed E-state index contributed by atoms with van der Waals surface area (Å²) in [6, 6.07) is 1.83. The second kappa shape index (κ2) is 4.04. The second-order valence-corrected chi connectivity index (χ2v) is 3.43. The fourth-order valence-electron chi connectivity index (χ4n) is 1.45. The Labute approximate surface area is 94.0 Å². The van der Waals surface area contributed by atoms with Gasteiger partial charge in [0.15, 0.2) is 17.5 Å². The molecule has 2 rings (SSSR count). The molecule has 3 nitrogen and oxygen atoms in total. The summed E-state index contributed by atoms with van der Waals surface area (Å²) < 4.78 is 39.3. The van der Waals surface area contributed by atoms with Gasteiger partial charge >= 0.3 is 0 Å². The summed E-state index contributed by atoms with van der Waals surface area (Å²) in [5.41, 5.74) is -0.575. The van der Waals surface area contributed by atoms with E-state index in [9.17, 15) is 18.0 Å². The molecule has 17 heavy (non-hydrogen) atoms. The molecule has 0 fully saturated rings. The molecule has 88 valence electrons. The number of hydrogen-bond donors (Lipinski definition) is 1. The van der Waals surface area contributed by atoms with Gasteiger partial charge in [0.05, 0.1) is 12.0 Å². The molecule has 6 heteroatoms. The quantitative estimate of drug-likeness (QED) is 0.776. The van der Waals surface area contributed by atoms with Gasteiger partial charge in [0.2, 0.25) is 0 Å². The summed E-state index contributed by atoms with van der Waals surface area (Å²) in [6.07, 6.45) is 1.07. The minimum atomic E-state index is -1.58. The highest BCUT2D eigenvalue weighted by Gasteiger charge is 2.17. The maximum atomic E-state index is 13.5. The van der Waals surface area contributed by atoms with Gasteiger partial charge < -0.3 is 4.98 Å². The third kappa shape index (κ3) is 1.82. The lowest BCUT2D eigenvalue weighted by molar-refractivity contribution is 0.448. The molecule has 0 amide bonds. The van der Waals surface area contributed by atoms with E-state index >= 15 is 0 Å². The molecule has 0 radical (unpaired) electrons. The van der Waals surface area contributed by atoms with Crippen molar-refractivity contribution in [2.24, 2.45) is 0 Å². The number of nitrogens with one attached hydrogen (secondary N) is 1. The van der Waals surface area contributed by atoms with Gasteiger partial charge in [-0.25, -0.2) is 18.2 Å². The van der Waals surface area contributed by atoms with E-state index in [4.69, 9.17) is 0 Å². The zero-order valence-corrected chi connectivity index (χ0v) is 8.72. The van der Waals surface area contributed by atoms with Crippen LogP contribution in [0.5, 0.6) is 0 Å². The second-order valence-electron chi connectivity index (χ2n) is 3.43. The van der Waals surface area contributed by atoms with E-state index in [0.717, 1.165) is 18.5 Å². The third-order valence-electron chi connectivity index (χ3n) is 2.38. The molecule has 0 saturated heterocycles. The van der Waals surface area contributed by atoms with Crippen LogP contribution in [0.25, 0.3) is 11.3 Å². The molecule has 0 aliphatic rings. The van der Waals surface area contributed by atoms with Crippen LogP contribution in [-0.4, -0.2) is 9.97 Å². The van der Waals surface area contributed by atoms with Gasteiger partial charge in [-0.15, -0.1) is 0 Å². The molecule has 0 aliphatic carbocycles. The Morgan fingerprint density at radius 2 is 1.88 bits per heavy atom. The molecule has 1 aromatic carbocycles. The van der Waals surface area contributed by atoms with E-state index in [1.165, 1.54) is 6.92 Å². The fraction of sp³-hybridized carbons (Fsp3) is 0.0909. The van der Waals surface area contributed by atoms with Crippen molar-refractivity contribution in [1.29, 1.82) is 0 Å².